The Morgan fingerprint density at radius 1 is 1.40 bits per heavy atom. The van der Waals surface area contributed by atoms with Crippen LogP contribution in [-0.2, 0) is 15.0 Å². The topological polar surface area (TPSA) is 75.6 Å². The van der Waals surface area contributed by atoms with Gasteiger partial charge in [0.1, 0.15) is 5.75 Å². The minimum atomic E-state index is -0.953. The third kappa shape index (κ3) is 2.28. The van der Waals surface area contributed by atoms with Gasteiger partial charge in [0.2, 0.25) is 5.91 Å². The number of benzene rings is 1. The van der Waals surface area contributed by atoms with Gasteiger partial charge < -0.3 is 15.2 Å². The number of hydrogen-bond acceptors (Lipinski definition) is 3. The zero-order valence-electron chi connectivity index (χ0n) is 11.3. The first-order valence-electron chi connectivity index (χ1n) is 6.30. The summed E-state index contributed by atoms with van der Waals surface area (Å²) in [5.74, 6) is -0.669. The van der Waals surface area contributed by atoms with Crippen LogP contribution in [0.25, 0.3) is 0 Å². The molecule has 5 nitrogen and oxygen atoms in total. The predicted octanol–water partition coefficient (Wildman–Crippen LogP) is 2.92. The number of rotatable bonds is 4. The quantitative estimate of drug-likeness (QED) is 0.882. The van der Waals surface area contributed by atoms with Crippen LogP contribution < -0.4 is 10.1 Å². The Balaban J connectivity index is 2.66. The van der Waals surface area contributed by atoms with Crippen LogP contribution in [0.15, 0.2) is 16.6 Å². The molecule has 0 heterocycles. The molecule has 1 aliphatic carbocycles. The van der Waals surface area contributed by atoms with Crippen molar-refractivity contribution in [2.75, 3.05) is 12.4 Å². The molecule has 2 N–H and O–H groups in total. The second-order valence-corrected chi connectivity index (χ2v) is 5.78. The van der Waals surface area contributed by atoms with Gasteiger partial charge in [-0.2, -0.15) is 0 Å². The van der Waals surface area contributed by atoms with Crippen LogP contribution in [0.5, 0.6) is 5.75 Å². The Bertz CT molecular complexity index is 567. The average molecular weight is 342 g/mol. The second kappa shape index (κ2) is 5.44. The summed E-state index contributed by atoms with van der Waals surface area (Å²) in [6.07, 6.45) is 1.97. The molecule has 2 rings (SSSR count). The van der Waals surface area contributed by atoms with Crippen molar-refractivity contribution in [2.24, 2.45) is 0 Å². The fraction of sp³-hybridized carbons (Fsp3) is 0.429. The molecule has 0 radical (unpaired) electrons. The van der Waals surface area contributed by atoms with E-state index in [1.165, 1.54) is 14.0 Å². The van der Waals surface area contributed by atoms with Crippen molar-refractivity contribution < 1.29 is 19.4 Å². The Morgan fingerprint density at radius 2 is 2.05 bits per heavy atom. The number of halogens is 1. The normalized spacial score (nSPS) is 16.1. The van der Waals surface area contributed by atoms with Gasteiger partial charge in [-0.15, -0.1) is 0 Å². The van der Waals surface area contributed by atoms with Crippen LogP contribution in [0.4, 0.5) is 5.69 Å². The molecule has 0 bridgehead atoms. The number of hydrogen-bond donors (Lipinski definition) is 2. The Labute approximate surface area is 125 Å². The van der Waals surface area contributed by atoms with E-state index in [9.17, 15) is 14.7 Å². The van der Waals surface area contributed by atoms with Gasteiger partial charge in [-0.25, -0.2) is 0 Å². The number of carboxylic acids is 1. The summed E-state index contributed by atoms with van der Waals surface area (Å²) in [5.41, 5.74) is 0.0767. The van der Waals surface area contributed by atoms with Crippen LogP contribution in [0.1, 0.15) is 31.7 Å². The first-order chi connectivity index (χ1) is 9.42. The third-order valence-electron chi connectivity index (χ3n) is 3.73. The molecular weight excluding hydrogens is 326 g/mol. The monoisotopic (exact) mass is 341 g/mol. The van der Waals surface area contributed by atoms with E-state index < -0.39 is 11.4 Å². The van der Waals surface area contributed by atoms with Crippen molar-refractivity contribution in [3.05, 3.63) is 22.2 Å². The Kier molecular flexibility index (Phi) is 4.04. The fourth-order valence-corrected chi connectivity index (χ4v) is 3.31. The minimum absolute atomic E-state index is 0.262. The lowest BCUT2D eigenvalue weighted by Gasteiger charge is -2.40. The highest BCUT2D eigenvalue weighted by Gasteiger charge is 2.49. The molecule has 0 aromatic heterocycles. The highest BCUT2D eigenvalue weighted by Crippen LogP contribution is 2.51. The molecule has 0 aliphatic heterocycles. The van der Waals surface area contributed by atoms with E-state index in [1.807, 2.05) is 0 Å². The van der Waals surface area contributed by atoms with Crippen molar-refractivity contribution >= 4 is 33.5 Å². The van der Waals surface area contributed by atoms with Crippen molar-refractivity contribution in [3.63, 3.8) is 0 Å². The first kappa shape index (κ1) is 14.8. The second-order valence-electron chi connectivity index (χ2n) is 4.92. The standard InChI is InChI=1S/C14H16BrNO4/c1-8(17)16-12-10(20-2)5-4-9(15)11(12)14(13(18)19)6-3-7-14/h4-5H,3,6-7H2,1-2H3,(H,16,17)(H,18,19). The van der Waals surface area contributed by atoms with E-state index in [4.69, 9.17) is 4.74 Å². The molecule has 20 heavy (non-hydrogen) atoms. The van der Waals surface area contributed by atoms with Gasteiger partial charge in [0.15, 0.2) is 0 Å². The lowest BCUT2D eigenvalue weighted by Crippen LogP contribution is -2.43. The molecular formula is C14H16BrNO4. The van der Waals surface area contributed by atoms with Crippen LogP contribution in [0.3, 0.4) is 0 Å². The average Bonchev–Trinajstić information content (AvgIpc) is 2.30. The van der Waals surface area contributed by atoms with E-state index in [-0.39, 0.29) is 5.91 Å². The molecule has 1 saturated carbocycles. The molecule has 1 fully saturated rings. The summed E-state index contributed by atoms with van der Waals surface area (Å²) in [7, 11) is 1.49. The smallest absolute Gasteiger partial charge is 0.314 e. The maximum absolute atomic E-state index is 11.7. The number of nitrogens with one attached hydrogen (secondary N) is 1. The van der Waals surface area contributed by atoms with Crippen molar-refractivity contribution in [2.45, 2.75) is 31.6 Å². The van der Waals surface area contributed by atoms with Crippen molar-refractivity contribution in [1.29, 1.82) is 0 Å². The molecule has 0 spiro atoms. The lowest BCUT2D eigenvalue weighted by atomic mass is 9.64. The van der Waals surface area contributed by atoms with Gasteiger partial charge in [0, 0.05) is 17.0 Å². The maximum Gasteiger partial charge on any atom is 0.314 e. The molecule has 1 aromatic rings. The Hall–Kier alpha value is -1.56. The van der Waals surface area contributed by atoms with E-state index >= 15 is 0 Å². The molecule has 1 aromatic carbocycles. The minimum Gasteiger partial charge on any atom is -0.495 e. The number of amides is 1. The number of carbonyl (C=O) groups excluding carboxylic acids is 1. The number of anilines is 1. The van der Waals surface area contributed by atoms with Gasteiger partial charge in [-0.3, -0.25) is 9.59 Å². The summed E-state index contributed by atoms with van der Waals surface area (Å²) in [5, 5.41) is 12.3. The zero-order valence-corrected chi connectivity index (χ0v) is 12.9. The van der Waals surface area contributed by atoms with Gasteiger partial charge in [0.05, 0.1) is 18.2 Å². The third-order valence-corrected chi connectivity index (χ3v) is 4.39. The van der Waals surface area contributed by atoms with Gasteiger partial charge in [0.25, 0.3) is 0 Å². The van der Waals surface area contributed by atoms with Gasteiger partial charge >= 0.3 is 5.97 Å². The van der Waals surface area contributed by atoms with Crippen LogP contribution >= 0.6 is 15.9 Å². The molecule has 1 amide bonds. The number of carbonyl (C=O) groups is 2. The molecule has 108 valence electrons. The van der Waals surface area contributed by atoms with Crippen molar-refractivity contribution in [1.82, 2.24) is 0 Å². The zero-order chi connectivity index (χ0) is 14.9. The highest BCUT2D eigenvalue weighted by molar-refractivity contribution is 9.10. The van der Waals surface area contributed by atoms with Gasteiger partial charge in [-0.05, 0) is 25.0 Å². The summed E-state index contributed by atoms with van der Waals surface area (Å²) in [6.45, 7) is 1.39. The number of methoxy groups -OCH3 is 1. The SMILES string of the molecule is COc1ccc(Br)c(C2(C(=O)O)CCC2)c1NC(C)=O. The van der Waals surface area contributed by atoms with Crippen LogP contribution in [0, 0.1) is 0 Å². The lowest BCUT2D eigenvalue weighted by molar-refractivity contribution is -0.147. The first-order valence-corrected chi connectivity index (χ1v) is 7.09. The molecule has 1 aliphatic rings. The fourth-order valence-electron chi connectivity index (χ4n) is 2.60. The number of aliphatic carboxylic acids is 1. The van der Waals surface area contributed by atoms with E-state index in [1.54, 1.807) is 12.1 Å². The highest BCUT2D eigenvalue weighted by atomic mass is 79.9. The Morgan fingerprint density at radius 3 is 2.45 bits per heavy atom. The molecule has 6 heteroatoms. The number of carboxylic acid groups (broad SMARTS) is 1. The largest absolute Gasteiger partial charge is 0.495 e. The summed E-state index contributed by atoms with van der Waals surface area (Å²) in [6, 6.07) is 3.45. The van der Waals surface area contributed by atoms with E-state index in [2.05, 4.69) is 21.2 Å². The molecule has 0 saturated heterocycles. The van der Waals surface area contributed by atoms with Gasteiger partial charge in [-0.1, -0.05) is 22.4 Å². The van der Waals surface area contributed by atoms with Crippen LogP contribution in [-0.4, -0.2) is 24.1 Å². The van der Waals surface area contributed by atoms with E-state index in [0.717, 1.165) is 6.42 Å². The summed E-state index contributed by atoms with van der Waals surface area (Å²) in [4.78, 5) is 23.1. The van der Waals surface area contributed by atoms with E-state index in [0.29, 0.717) is 34.3 Å². The summed E-state index contributed by atoms with van der Waals surface area (Å²) >= 11 is 3.41. The number of ether oxygens (including phenoxy) is 1. The molecule has 0 atom stereocenters. The maximum atomic E-state index is 11.7. The summed E-state index contributed by atoms with van der Waals surface area (Å²) < 4.78 is 5.93. The van der Waals surface area contributed by atoms with Crippen LogP contribution in [0.2, 0.25) is 0 Å². The predicted molar refractivity (Wildman–Crippen MR) is 78.2 cm³/mol. The van der Waals surface area contributed by atoms with Crippen molar-refractivity contribution in [3.8, 4) is 5.75 Å². The molecule has 0 unspecified atom stereocenters.